The molecule has 0 bridgehead atoms. The minimum absolute atomic E-state index is 0.000667. The highest BCUT2D eigenvalue weighted by molar-refractivity contribution is 9.10. The van der Waals surface area contributed by atoms with E-state index in [-0.39, 0.29) is 46.6 Å². The van der Waals surface area contributed by atoms with E-state index in [2.05, 4.69) is 26.2 Å². The third-order valence-corrected chi connectivity index (χ3v) is 11.3. The molecule has 2 unspecified atom stereocenters. The lowest BCUT2D eigenvalue weighted by atomic mass is 9.87. The van der Waals surface area contributed by atoms with Gasteiger partial charge in [-0.15, -0.1) is 11.3 Å². The Bertz CT molecular complexity index is 1780. The maximum Gasteiger partial charge on any atom is 0.407 e. The average molecular weight is 771 g/mol. The van der Waals surface area contributed by atoms with Crippen molar-refractivity contribution >= 4 is 62.6 Å². The second-order valence-corrected chi connectivity index (χ2v) is 15.6. The number of alkyl carbamates (subject to hydrolysis) is 1. The van der Waals surface area contributed by atoms with Gasteiger partial charge in [0.15, 0.2) is 0 Å². The van der Waals surface area contributed by atoms with Gasteiger partial charge in [0.25, 0.3) is 0 Å². The lowest BCUT2D eigenvalue weighted by molar-refractivity contribution is -0.268. The molecule has 50 heavy (non-hydrogen) atoms. The second kappa shape index (κ2) is 15.6. The van der Waals surface area contributed by atoms with Crippen molar-refractivity contribution in [2.45, 2.75) is 105 Å². The third kappa shape index (κ3) is 7.89. The van der Waals surface area contributed by atoms with Crippen molar-refractivity contribution < 1.29 is 29.0 Å². The van der Waals surface area contributed by atoms with Gasteiger partial charge in [-0.3, -0.25) is 4.79 Å². The molecule has 13 heteroatoms. The highest BCUT2D eigenvalue weighted by atomic mass is 79.9. The summed E-state index contributed by atoms with van der Waals surface area (Å²) >= 11 is 5.07. The number of amides is 4. The number of aryl methyl sites for hydroxylation is 2. The zero-order valence-electron chi connectivity index (χ0n) is 30.5. The van der Waals surface area contributed by atoms with E-state index in [1.54, 1.807) is 30.1 Å². The van der Waals surface area contributed by atoms with Crippen molar-refractivity contribution in [3.8, 4) is 10.4 Å². The number of carboxylic acid groups (broad SMARTS) is 1. The molecule has 3 heterocycles. The molecule has 0 saturated carbocycles. The van der Waals surface area contributed by atoms with Crippen molar-refractivity contribution in [2.24, 2.45) is 0 Å². The Labute approximate surface area is 307 Å². The molecule has 270 valence electrons. The number of halogens is 1. The molecule has 2 aromatic carbocycles. The Morgan fingerprint density at radius 2 is 1.78 bits per heavy atom. The van der Waals surface area contributed by atoms with E-state index >= 15 is 0 Å². The van der Waals surface area contributed by atoms with Crippen LogP contribution in [0.3, 0.4) is 0 Å². The summed E-state index contributed by atoms with van der Waals surface area (Å²) in [5.74, 6) is 0.0422. The molecule has 0 radical (unpaired) electrons. The largest absolute Gasteiger partial charge is 0.530 e. The zero-order chi connectivity index (χ0) is 37.2. The molecule has 5 atom stereocenters. The SMILES string of the molecule is CC(=O)N1c2ccc(Br)cc2C(NC(=O)OC(C)C)CC1C.CCN(C(=O)[O-])[C@@H]1C[C@H](C)[N@+](C)(C(C)=O)c2ccc(-c3sc(C)nc3C)cc21. The quantitative estimate of drug-likeness (QED) is 0.272. The average Bonchev–Trinajstić information content (AvgIpc) is 3.36. The van der Waals surface area contributed by atoms with E-state index < -0.39 is 12.2 Å². The predicted octanol–water partition coefficient (Wildman–Crippen LogP) is 7.18. The summed E-state index contributed by atoms with van der Waals surface area (Å²) in [5.41, 5.74) is 5.46. The van der Waals surface area contributed by atoms with E-state index in [9.17, 15) is 24.3 Å². The lowest BCUT2D eigenvalue weighted by Crippen LogP contribution is -2.60. The Morgan fingerprint density at radius 1 is 1.10 bits per heavy atom. The fourth-order valence-electron chi connectivity index (χ4n) is 7.18. The molecule has 3 aromatic rings. The van der Waals surface area contributed by atoms with Crippen LogP contribution in [0, 0.1) is 13.8 Å². The summed E-state index contributed by atoms with van der Waals surface area (Å²) in [4.78, 5) is 57.0. The highest BCUT2D eigenvalue weighted by Crippen LogP contribution is 2.46. The summed E-state index contributed by atoms with van der Waals surface area (Å²) in [7, 11) is 1.92. The number of aromatic nitrogens is 1. The van der Waals surface area contributed by atoms with Gasteiger partial charge in [-0.1, -0.05) is 15.9 Å². The van der Waals surface area contributed by atoms with Crippen LogP contribution in [0.15, 0.2) is 40.9 Å². The maximum atomic E-state index is 12.6. The van der Waals surface area contributed by atoms with E-state index in [0.717, 1.165) is 48.1 Å². The molecule has 0 aliphatic carbocycles. The van der Waals surface area contributed by atoms with Crippen LogP contribution in [0.4, 0.5) is 21.0 Å². The molecule has 2 aliphatic rings. The van der Waals surface area contributed by atoms with E-state index in [4.69, 9.17) is 4.74 Å². The van der Waals surface area contributed by atoms with E-state index in [0.29, 0.717) is 19.4 Å². The van der Waals surface area contributed by atoms with Gasteiger partial charge in [0.1, 0.15) is 11.8 Å². The third-order valence-electron chi connectivity index (χ3n) is 9.72. The van der Waals surface area contributed by atoms with Crippen molar-refractivity contribution in [3.63, 3.8) is 0 Å². The van der Waals surface area contributed by atoms with Gasteiger partial charge < -0.3 is 29.8 Å². The Morgan fingerprint density at radius 3 is 2.32 bits per heavy atom. The molecule has 0 spiro atoms. The van der Waals surface area contributed by atoms with Crippen LogP contribution in [0.1, 0.15) is 95.2 Å². The smallest absolute Gasteiger partial charge is 0.407 e. The first-order valence-electron chi connectivity index (χ1n) is 16.9. The molecule has 2 aliphatic heterocycles. The van der Waals surface area contributed by atoms with Crippen LogP contribution in [-0.4, -0.2) is 65.7 Å². The minimum atomic E-state index is -1.18. The second-order valence-electron chi connectivity index (χ2n) is 13.5. The van der Waals surface area contributed by atoms with Crippen LogP contribution in [0.5, 0.6) is 0 Å². The van der Waals surface area contributed by atoms with Crippen molar-refractivity contribution in [1.82, 2.24) is 19.7 Å². The van der Waals surface area contributed by atoms with Crippen molar-refractivity contribution in [2.75, 3.05) is 18.5 Å². The minimum Gasteiger partial charge on any atom is -0.530 e. The number of carbonyl (C=O) groups excluding carboxylic acids is 4. The number of hydrogen-bond donors (Lipinski definition) is 1. The van der Waals surface area contributed by atoms with Gasteiger partial charge in [-0.05, 0) is 96.3 Å². The van der Waals surface area contributed by atoms with Gasteiger partial charge in [-0.25, -0.2) is 19.1 Å². The number of hydrogen-bond acceptors (Lipinski definition) is 8. The monoisotopic (exact) mass is 769 g/mol. The molecule has 0 fully saturated rings. The fourth-order valence-corrected chi connectivity index (χ4v) is 8.47. The first-order valence-corrected chi connectivity index (χ1v) is 18.5. The Balaban J connectivity index is 0.000000232. The van der Waals surface area contributed by atoms with Crippen LogP contribution < -0.4 is 19.8 Å². The van der Waals surface area contributed by atoms with Crippen LogP contribution in [0.2, 0.25) is 0 Å². The number of nitrogens with one attached hydrogen (secondary N) is 1. The van der Waals surface area contributed by atoms with Gasteiger partial charge in [0.05, 0.1) is 53.8 Å². The molecule has 5 rings (SSSR count). The standard InChI is InChI=1S/C21H27N3O3S.C16H21BrN2O3/c1-7-23(21(26)27)18-10-12(2)24(6,15(5)25)19-9-8-16(11-17(18)19)20-13(3)22-14(4)28-20;1-9(2)22-16(21)18-14-7-10(3)19(11(4)20)15-6-5-12(17)8-13(14)15/h8-9,11-12,18H,7,10H2,1-6H3;5-6,8-10,14H,7H2,1-4H3,(H,18,21)/t12-,18+,24+;/m0./s1. The highest BCUT2D eigenvalue weighted by Gasteiger charge is 2.47. The first kappa shape index (κ1) is 39.0. The normalized spacial score (nSPS) is 22.4. The van der Waals surface area contributed by atoms with Gasteiger partial charge in [0.2, 0.25) is 5.91 Å². The summed E-state index contributed by atoms with van der Waals surface area (Å²) in [6.45, 7) is 16.9. The number of nitrogens with zero attached hydrogens (tertiary/aromatic N) is 4. The van der Waals surface area contributed by atoms with Crippen LogP contribution >= 0.6 is 27.3 Å². The predicted molar refractivity (Wildman–Crippen MR) is 199 cm³/mol. The van der Waals surface area contributed by atoms with Gasteiger partial charge in [-0.2, -0.15) is 0 Å². The molecule has 0 saturated heterocycles. The number of carbonyl (C=O) groups is 4. The first-order chi connectivity index (χ1) is 23.4. The number of ether oxygens (including phenoxy) is 1. The molecule has 4 amide bonds. The van der Waals surface area contributed by atoms with Gasteiger partial charge >= 0.3 is 12.0 Å². The number of quaternary nitrogens is 1. The number of anilines is 1. The fraction of sp³-hybridized carbons (Fsp3) is 0.486. The van der Waals surface area contributed by atoms with E-state index in [1.165, 1.54) is 4.90 Å². The number of thiazole rings is 1. The zero-order valence-corrected chi connectivity index (χ0v) is 32.9. The summed E-state index contributed by atoms with van der Waals surface area (Å²) < 4.78 is 6.24. The summed E-state index contributed by atoms with van der Waals surface area (Å²) in [6, 6.07) is 11.2. The summed E-state index contributed by atoms with van der Waals surface area (Å²) in [6.07, 6.45) is -0.573. The molecule has 11 nitrogen and oxygen atoms in total. The molecular weight excluding hydrogens is 722 g/mol. The summed E-state index contributed by atoms with van der Waals surface area (Å²) in [5, 5.41) is 15.7. The Hall–Kier alpha value is -3.81. The number of rotatable bonds is 5. The van der Waals surface area contributed by atoms with Crippen LogP contribution in [0.25, 0.3) is 10.4 Å². The Kier molecular flexibility index (Phi) is 12.2. The van der Waals surface area contributed by atoms with Gasteiger partial charge in [0, 0.05) is 47.7 Å². The van der Waals surface area contributed by atoms with Crippen molar-refractivity contribution in [3.05, 3.63) is 62.7 Å². The molecule has 1 N–H and O–H groups in total. The number of fused-ring (bicyclic) bond motifs is 2. The lowest BCUT2D eigenvalue weighted by Gasteiger charge is -2.46. The molecular formula is C37H48BrN5O6S. The van der Waals surface area contributed by atoms with E-state index in [1.807, 2.05) is 91.9 Å². The molecule has 1 aromatic heterocycles. The maximum absolute atomic E-state index is 12.6. The number of benzene rings is 2. The topological polar surface area (TPSA) is 132 Å². The van der Waals surface area contributed by atoms with Crippen molar-refractivity contribution in [1.29, 1.82) is 0 Å². The van der Waals surface area contributed by atoms with Crippen LogP contribution in [-0.2, 0) is 14.3 Å².